The number of benzene rings is 1. The quantitative estimate of drug-likeness (QED) is 0.427. The average Bonchev–Trinajstić information content (AvgIpc) is 2.40. The van der Waals surface area contributed by atoms with Crippen LogP contribution in [0.15, 0.2) is 24.3 Å². The van der Waals surface area contributed by atoms with Crippen molar-refractivity contribution in [1.82, 2.24) is 0 Å². The third kappa shape index (κ3) is 7.63. The summed E-state index contributed by atoms with van der Waals surface area (Å²) in [5.74, 6) is 0.749. The molecule has 0 aliphatic rings. The molecule has 0 spiro atoms. The van der Waals surface area contributed by atoms with Gasteiger partial charge in [-0.3, -0.25) is 0 Å². The summed E-state index contributed by atoms with van der Waals surface area (Å²) < 4.78 is 15.6. The summed E-state index contributed by atoms with van der Waals surface area (Å²) >= 11 is 0. The molecule has 0 saturated carbocycles. The molecular weight excluding hydrogens is 258 g/mol. The van der Waals surface area contributed by atoms with Crippen LogP contribution in [0.2, 0.25) is 0 Å². The van der Waals surface area contributed by atoms with Gasteiger partial charge in [-0.2, -0.15) is 0 Å². The molecule has 0 aliphatic heterocycles. The van der Waals surface area contributed by atoms with Gasteiger partial charge in [0.25, 0.3) is 0 Å². The molecular formula is C15H23NO4. The van der Waals surface area contributed by atoms with E-state index in [9.17, 15) is 4.79 Å². The summed E-state index contributed by atoms with van der Waals surface area (Å²) in [6.07, 6.45) is 1.01. The zero-order valence-corrected chi connectivity index (χ0v) is 12.1. The number of anilines is 1. The van der Waals surface area contributed by atoms with Gasteiger partial charge in [0, 0.05) is 18.4 Å². The first kappa shape index (κ1) is 16.3. The van der Waals surface area contributed by atoms with Gasteiger partial charge in [-0.1, -0.05) is 19.9 Å². The van der Waals surface area contributed by atoms with E-state index in [1.807, 2.05) is 0 Å². The number of carbonyl (C=O) groups excluding carboxylic acids is 1. The van der Waals surface area contributed by atoms with Crippen LogP contribution in [0, 0.1) is 5.92 Å². The number of ether oxygens (including phenoxy) is 3. The number of hydrogen-bond acceptors (Lipinski definition) is 5. The van der Waals surface area contributed by atoms with E-state index in [4.69, 9.17) is 19.9 Å². The molecule has 0 unspecified atom stereocenters. The third-order valence-electron chi connectivity index (χ3n) is 2.55. The van der Waals surface area contributed by atoms with Crippen molar-refractivity contribution < 1.29 is 19.0 Å². The van der Waals surface area contributed by atoms with Crippen molar-refractivity contribution in [2.45, 2.75) is 20.3 Å². The Labute approximate surface area is 120 Å². The lowest BCUT2D eigenvalue weighted by Gasteiger charge is -2.08. The summed E-state index contributed by atoms with van der Waals surface area (Å²) in [5.41, 5.74) is 6.19. The number of nitrogens with two attached hydrogens (primary N) is 1. The highest BCUT2D eigenvalue weighted by Gasteiger charge is 2.04. The summed E-state index contributed by atoms with van der Waals surface area (Å²) in [6, 6.07) is 6.90. The van der Waals surface area contributed by atoms with Crippen molar-refractivity contribution >= 4 is 11.7 Å². The lowest BCUT2D eigenvalue weighted by Crippen LogP contribution is -2.17. The minimum atomic E-state index is -0.417. The van der Waals surface area contributed by atoms with Gasteiger partial charge >= 0.3 is 5.97 Å². The van der Waals surface area contributed by atoms with Gasteiger partial charge in [-0.15, -0.1) is 0 Å². The van der Waals surface area contributed by atoms with Gasteiger partial charge in [-0.25, -0.2) is 4.79 Å². The third-order valence-corrected chi connectivity index (χ3v) is 2.55. The van der Waals surface area contributed by atoms with Crippen LogP contribution in [0.25, 0.3) is 0 Å². The smallest absolute Gasteiger partial charge is 0.344 e. The molecule has 0 amide bonds. The molecule has 5 heteroatoms. The van der Waals surface area contributed by atoms with Crippen LogP contribution in [0.5, 0.6) is 5.75 Å². The van der Waals surface area contributed by atoms with E-state index in [0.717, 1.165) is 6.42 Å². The van der Waals surface area contributed by atoms with Crippen LogP contribution in [-0.2, 0) is 14.3 Å². The number of nitrogen functional groups attached to an aromatic ring is 1. The van der Waals surface area contributed by atoms with Crippen LogP contribution < -0.4 is 10.5 Å². The second-order valence-corrected chi connectivity index (χ2v) is 4.88. The van der Waals surface area contributed by atoms with E-state index in [2.05, 4.69) is 13.8 Å². The Morgan fingerprint density at radius 3 is 2.75 bits per heavy atom. The van der Waals surface area contributed by atoms with Crippen molar-refractivity contribution in [1.29, 1.82) is 0 Å². The molecule has 0 bridgehead atoms. The van der Waals surface area contributed by atoms with Gasteiger partial charge in [-0.05, 0) is 24.5 Å². The molecule has 0 atom stereocenters. The van der Waals surface area contributed by atoms with E-state index in [1.54, 1.807) is 24.3 Å². The fourth-order valence-electron chi connectivity index (χ4n) is 1.42. The highest BCUT2D eigenvalue weighted by molar-refractivity contribution is 5.71. The lowest BCUT2D eigenvalue weighted by molar-refractivity contribution is -0.147. The van der Waals surface area contributed by atoms with Crippen LogP contribution in [-0.4, -0.2) is 32.4 Å². The maximum atomic E-state index is 11.4. The van der Waals surface area contributed by atoms with Crippen molar-refractivity contribution in [2.24, 2.45) is 5.92 Å². The normalized spacial score (nSPS) is 10.6. The predicted molar refractivity (Wildman–Crippen MR) is 77.6 cm³/mol. The molecule has 1 aromatic carbocycles. The molecule has 2 N–H and O–H groups in total. The molecule has 0 radical (unpaired) electrons. The first-order valence-electron chi connectivity index (χ1n) is 6.79. The zero-order chi connectivity index (χ0) is 14.8. The van der Waals surface area contributed by atoms with Gasteiger partial charge < -0.3 is 19.9 Å². The molecule has 1 rings (SSSR count). The minimum Gasteiger partial charge on any atom is -0.482 e. The zero-order valence-electron chi connectivity index (χ0n) is 12.1. The van der Waals surface area contributed by atoms with Crippen LogP contribution in [0.1, 0.15) is 20.3 Å². The van der Waals surface area contributed by atoms with E-state index < -0.39 is 5.97 Å². The van der Waals surface area contributed by atoms with Gasteiger partial charge in [0.2, 0.25) is 0 Å². The van der Waals surface area contributed by atoms with Crippen molar-refractivity contribution in [2.75, 3.05) is 32.2 Å². The second kappa shape index (κ2) is 9.20. The Morgan fingerprint density at radius 1 is 1.25 bits per heavy atom. The Kier molecular flexibility index (Phi) is 7.50. The van der Waals surface area contributed by atoms with Gasteiger partial charge in [0.15, 0.2) is 6.61 Å². The molecule has 112 valence electrons. The number of esters is 1. The molecule has 0 heterocycles. The van der Waals surface area contributed by atoms with Crippen molar-refractivity contribution in [3.05, 3.63) is 24.3 Å². The molecule has 20 heavy (non-hydrogen) atoms. The Bertz CT molecular complexity index is 407. The molecule has 0 aromatic heterocycles. The van der Waals surface area contributed by atoms with E-state index in [1.165, 1.54) is 0 Å². The summed E-state index contributed by atoms with van der Waals surface area (Å²) in [6.45, 7) is 5.49. The van der Waals surface area contributed by atoms with Crippen LogP contribution in [0.3, 0.4) is 0 Å². The first-order valence-corrected chi connectivity index (χ1v) is 6.79. The summed E-state index contributed by atoms with van der Waals surface area (Å²) in [7, 11) is 0. The Morgan fingerprint density at radius 2 is 2.05 bits per heavy atom. The lowest BCUT2D eigenvalue weighted by atomic mass is 10.1. The highest BCUT2D eigenvalue weighted by atomic mass is 16.6. The second-order valence-electron chi connectivity index (χ2n) is 4.88. The minimum absolute atomic E-state index is 0.130. The first-order chi connectivity index (χ1) is 9.58. The van der Waals surface area contributed by atoms with Crippen molar-refractivity contribution in [3.63, 3.8) is 0 Å². The fourth-order valence-corrected chi connectivity index (χ4v) is 1.42. The van der Waals surface area contributed by atoms with E-state index in [0.29, 0.717) is 30.6 Å². The monoisotopic (exact) mass is 281 g/mol. The van der Waals surface area contributed by atoms with Crippen LogP contribution in [0.4, 0.5) is 5.69 Å². The molecule has 1 aromatic rings. The fraction of sp³-hybridized carbons (Fsp3) is 0.533. The number of hydrogen-bond donors (Lipinski definition) is 1. The summed E-state index contributed by atoms with van der Waals surface area (Å²) in [5, 5.41) is 0. The van der Waals surface area contributed by atoms with Gasteiger partial charge in [0.05, 0.1) is 6.61 Å². The highest BCUT2D eigenvalue weighted by Crippen LogP contribution is 2.14. The molecule has 0 aliphatic carbocycles. The predicted octanol–water partition coefficient (Wildman–Crippen LogP) is 2.25. The van der Waals surface area contributed by atoms with Crippen molar-refractivity contribution in [3.8, 4) is 5.75 Å². The number of rotatable bonds is 9. The molecule has 0 fully saturated rings. The topological polar surface area (TPSA) is 70.8 Å². The average molecular weight is 281 g/mol. The van der Waals surface area contributed by atoms with Crippen LogP contribution >= 0.6 is 0 Å². The Hall–Kier alpha value is -1.75. The van der Waals surface area contributed by atoms with E-state index in [-0.39, 0.29) is 13.2 Å². The maximum absolute atomic E-state index is 11.4. The molecule has 5 nitrogen and oxygen atoms in total. The van der Waals surface area contributed by atoms with E-state index >= 15 is 0 Å². The maximum Gasteiger partial charge on any atom is 0.344 e. The number of carbonyl (C=O) groups is 1. The largest absolute Gasteiger partial charge is 0.482 e. The standard InChI is InChI=1S/C15H23NO4/c1-12(2)6-7-18-8-9-19-15(17)11-20-14-5-3-4-13(16)10-14/h3-5,10,12H,6-9,11,16H2,1-2H3. The summed E-state index contributed by atoms with van der Waals surface area (Å²) in [4.78, 5) is 11.4. The molecule has 0 saturated heterocycles. The van der Waals surface area contributed by atoms with Gasteiger partial charge in [0.1, 0.15) is 12.4 Å². The SMILES string of the molecule is CC(C)CCOCCOC(=O)COc1cccc(N)c1. The Balaban J connectivity index is 2.06.